The number of hydrogen-bond donors (Lipinski definition) is 0. The molecule has 0 aliphatic carbocycles. The Morgan fingerprint density at radius 3 is 2.12 bits per heavy atom. The fourth-order valence-corrected chi connectivity index (χ4v) is 4.99. The summed E-state index contributed by atoms with van der Waals surface area (Å²) in [6.07, 6.45) is -0.270. The molecule has 41 heavy (non-hydrogen) atoms. The second kappa shape index (κ2) is 13.6. The van der Waals surface area contributed by atoms with Gasteiger partial charge in [-0.25, -0.2) is 9.59 Å². The molecule has 0 N–H and O–H groups in total. The molecule has 10 heteroatoms. The van der Waals surface area contributed by atoms with E-state index in [1.54, 1.807) is 16.7 Å². The smallest absolute Gasteiger partial charge is 0.410 e. The second-order valence-electron chi connectivity index (χ2n) is 11.4. The Labute approximate surface area is 242 Å². The molecule has 2 aliphatic heterocycles. The zero-order valence-corrected chi connectivity index (χ0v) is 24.6. The molecule has 0 spiro atoms. The molecule has 2 aliphatic rings. The number of amides is 3. The van der Waals surface area contributed by atoms with E-state index in [2.05, 4.69) is 4.90 Å². The van der Waals surface area contributed by atoms with E-state index < -0.39 is 17.8 Å². The van der Waals surface area contributed by atoms with Gasteiger partial charge < -0.3 is 33.8 Å². The van der Waals surface area contributed by atoms with Crippen molar-refractivity contribution in [2.24, 2.45) is 0 Å². The Hall–Kier alpha value is -3.95. The van der Waals surface area contributed by atoms with Crippen molar-refractivity contribution in [1.82, 2.24) is 14.7 Å². The summed E-state index contributed by atoms with van der Waals surface area (Å²) in [6, 6.07) is 17.2. The lowest BCUT2D eigenvalue weighted by Gasteiger charge is -2.41. The monoisotopic (exact) mass is 566 g/mol. The third kappa shape index (κ3) is 8.77. The van der Waals surface area contributed by atoms with E-state index in [4.69, 9.17) is 14.2 Å². The van der Waals surface area contributed by atoms with Crippen LogP contribution in [0.15, 0.2) is 54.6 Å². The Bertz CT molecular complexity index is 1160. The number of benzene rings is 2. The minimum atomic E-state index is -0.621. The summed E-state index contributed by atoms with van der Waals surface area (Å²) in [5.74, 6) is 0.846. The van der Waals surface area contributed by atoms with Crippen molar-refractivity contribution < 1.29 is 28.6 Å². The first-order chi connectivity index (χ1) is 19.6. The Morgan fingerprint density at radius 2 is 1.49 bits per heavy atom. The van der Waals surface area contributed by atoms with E-state index in [1.807, 2.05) is 80.3 Å². The van der Waals surface area contributed by atoms with Gasteiger partial charge in [0.1, 0.15) is 18.0 Å². The zero-order chi connectivity index (χ0) is 29.4. The van der Waals surface area contributed by atoms with Gasteiger partial charge in [0.05, 0.1) is 12.6 Å². The van der Waals surface area contributed by atoms with Crippen molar-refractivity contribution in [3.8, 4) is 5.75 Å². The molecule has 0 unspecified atom stereocenters. The number of anilines is 1. The second-order valence-corrected chi connectivity index (χ2v) is 11.4. The maximum absolute atomic E-state index is 13.0. The van der Waals surface area contributed by atoms with Crippen LogP contribution in [0.25, 0.3) is 0 Å². The SMILES string of the molecule is CC(=O)N1CCN(c2ccc(OCC[C@@H]3CN(C(=O)OCc4ccccc4)CCN3C(=O)OC(C)(C)C)cc2)CC1. The van der Waals surface area contributed by atoms with E-state index in [9.17, 15) is 14.4 Å². The molecule has 0 saturated carbocycles. The number of carbonyl (C=O) groups excluding carboxylic acids is 3. The molecule has 4 rings (SSSR count). The molecule has 1 atom stereocenters. The molecule has 10 nitrogen and oxygen atoms in total. The maximum Gasteiger partial charge on any atom is 0.410 e. The average Bonchev–Trinajstić information content (AvgIpc) is 2.96. The Balaban J connectivity index is 1.32. The van der Waals surface area contributed by atoms with Crippen molar-refractivity contribution in [3.05, 3.63) is 60.2 Å². The number of ether oxygens (including phenoxy) is 3. The standard InChI is InChI=1S/C31H42N4O6/c1-24(36)32-15-17-33(18-16-32)26-10-12-28(13-11-26)39-21-14-27-22-34(19-20-35(27)30(38)41-31(2,3)4)29(37)40-23-25-8-6-5-7-9-25/h5-13,27H,14-23H2,1-4H3/t27-/m1/s1. The van der Waals surface area contributed by atoms with Gasteiger partial charge in [0.25, 0.3) is 0 Å². The first kappa shape index (κ1) is 30.0. The molecule has 222 valence electrons. The quantitative estimate of drug-likeness (QED) is 0.491. The highest BCUT2D eigenvalue weighted by Crippen LogP contribution is 2.23. The first-order valence-corrected chi connectivity index (χ1v) is 14.3. The summed E-state index contributed by atoms with van der Waals surface area (Å²) in [4.78, 5) is 44.9. The highest BCUT2D eigenvalue weighted by Gasteiger charge is 2.35. The third-order valence-electron chi connectivity index (χ3n) is 7.22. The first-order valence-electron chi connectivity index (χ1n) is 14.3. The summed E-state index contributed by atoms with van der Waals surface area (Å²) in [7, 11) is 0. The van der Waals surface area contributed by atoms with Gasteiger partial charge in [-0.05, 0) is 50.6 Å². The molecule has 2 aromatic rings. The van der Waals surface area contributed by atoms with E-state index in [1.165, 1.54) is 0 Å². The largest absolute Gasteiger partial charge is 0.494 e. The van der Waals surface area contributed by atoms with Crippen molar-refractivity contribution >= 4 is 23.8 Å². The number of piperazine rings is 2. The highest BCUT2D eigenvalue weighted by atomic mass is 16.6. The summed E-state index contributed by atoms with van der Waals surface area (Å²) in [6.45, 7) is 11.8. The van der Waals surface area contributed by atoms with Gasteiger partial charge in [-0.1, -0.05) is 30.3 Å². The van der Waals surface area contributed by atoms with Gasteiger partial charge in [-0.2, -0.15) is 0 Å². The van der Waals surface area contributed by atoms with Crippen LogP contribution in [0.2, 0.25) is 0 Å². The van der Waals surface area contributed by atoms with Crippen LogP contribution in [0.1, 0.15) is 39.7 Å². The van der Waals surface area contributed by atoms with Crippen LogP contribution in [0.4, 0.5) is 15.3 Å². The van der Waals surface area contributed by atoms with Crippen LogP contribution in [0, 0.1) is 0 Å². The molecular formula is C31H42N4O6. The van der Waals surface area contributed by atoms with Crippen LogP contribution in [-0.4, -0.2) is 96.9 Å². The highest BCUT2D eigenvalue weighted by molar-refractivity contribution is 5.73. The van der Waals surface area contributed by atoms with Gasteiger partial charge in [-0.15, -0.1) is 0 Å². The topological polar surface area (TPSA) is 91.9 Å². The molecule has 2 aromatic carbocycles. The summed E-state index contributed by atoms with van der Waals surface area (Å²) >= 11 is 0. The molecule has 0 radical (unpaired) electrons. The Morgan fingerprint density at radius 1 is 0.829 bits per heavy atom. The fraction of sp³-hybridized carbons (Fsp3) is 0.516. The predicted molar refractivity (Wildman–Crippen MR) is 156 cm³/mol. The summed E-state index contributed by atoms with van der Waals surface area (Å²) in [5.41, 5.74) is 1.39. The maximum atomic E-state index is 13.0. The minimum absolute atomic E-state index is 0.115. The van der Waals surface area contributed by atoms with Crippen LogP contribution >= 0.6 is 0 Å². The minimum Gasteiger partial charge on any atom is -0.494 e. The van der Waals surface area contributed by atoms with Crippen LogP contribution < -0.4 is 9.64 Å². The van der Waals surface area contributed by atoms with E-state index >= 15 is 0 Å². The van der Waals surface area contributed by atoms with E-state index in [0.717, 1.165) is 43.2 Å². The lowest BCUT2D eigenvalue weighted by molar-refractivity contribution is -0.129. The third-order valence-corrected chi connectivity index (χ3v) is 7.22. The Kier molecular flexibility index (Phi) is 9.96. The number of rotatable bonds is 7. The van der Waals surface area contributed by atoms with Crippen molar-refractivity contribution in [2.75, 3.05) is 57.3 Å². The fourth-order valence-electron chi connectivity index (χ4n) is 4.99. The van der Waals surface area contributed by atoms with Gasteiger partial charge in [0.2, 0.25) is 5.91 Å². The summed E-state index contributed by atoms with van der Waals surface area (Å²) < 4.78 is 17.2. The molecule has 0 aromatic heterocycles. The normalized spacial score (nSPS) is 17.7. The van der Waals surface area contributed by atoms with Crippen molar-refractivity contribution in [2.45, 2.75) is 52.4 Å². The molecule has 3 amide bonds. The number of nitrogens with zero attached hydrogens (tertiary/aromatic N) is 4. The average molecular weight is 567 g/mol. The molecule has 0 bridgehead atoms. The molecule has 2 fully saturated rings. The van der Waals surface area contributed by atoms with Crippen LogP contribution in [0.3, 0.4) is 0 Å². The zero-order valence-electron chi connectivity index (χ0n) is 24.6. The van der Waals surface area contributed by atoms with Gasteiger partial charge in [0.15, 0.2) is 0 Å². The summed E-state index contributed by atoms with van der Waals surface area (Å²) in [5, 5.41) is 0. The number of carbonyl (C=O) groups is 3. The predicted octanol–water partition coefficient (Wildman–Crippen LogP) is 4.38. The molecular weight excluding hydrogens is 524 g/mol. The number of hydrogen-bond acceptors (Lipinski definition) is 7. The van der Waals surface area contributed by atoms with Crippen LogP contribution in [0.5, 0.6) is 5.75 Å². The van der Waals surface area contributed by atoms with Crippen LogP contribution in [-0.2, 0) is 20.9 Å². The van der Waals surface area contributed by atoms with Gasteiger partial charge in [0, 0.05) is 64.8 Å². The van der Waals surface area contributed by atoms with E-state index in [-0.39, 0.29) is 18.6 Å². The molecule has 2 saturated heterocycles. The lowest BCUT2D eigenvalue weighted by Crippen LogP contribution is -2.57. The van der Waals surface area contributed by atoms with E-state index in [0.29, 0.717) is 32.7 Å². The molecule has 2 heterocycles. The van der Waals surface area contributed by atoms with Crippen molar-refractivity contribution in [1.29, 1.82) is 0 Å². The van der Waals surface area contributed by atoms with Gasteiger partial charge >= 0.3 is 12.2 Å². The van der Waals surface area contributed by atoms with Gasteiger partial charge in [-0.3, -0.25) is 4.79 Å². The van der Waals surface area contributed by atoms with Crippen molar-refractivity contribution in [3.63, 3.8) is 0 Å². The lowest BCUT2D eigenvalue weighted by atomic mass is 10.1.